The quantitative estimate of drug-likeness (QED) is 0.232. The summed E-state index contributed by atoms with van der Waals surface area (Å²) in [7, 11) is 0. The summed E-state index contributed by atoms with van der Waals surface area (Å²) in [5.41, 5.74) is 10.2. The van der Waals surface area contributed by atoms with Crippen molar-refractivity contribution in [3.8, 4) is 5.75 Å². The van der Waals surface area contributed by atoms with Crippen molar-refractivity contribution < 1.29 is 14.6 Å². The molecule has 43 heavy (non-hydrogen) atoms. The van der Waals surface area contributed by atoms with E-state index in [9.17, 15) is 9.90 Å². The summed E-state index contributed by atoms with van der Waals surface area (Å²) in [5.74, 6) is 1.70. The van der Waals surface area contributed by atoms with Gasteiger partial charge in [-0.25, -0.2) is 0 Å². The number of benzene rings is 1. The average molecular weight is 584 g/mol. The van der Waals surface area contributed by atoms with E-state index in [0.29, 0.717) is 17.3 Å². The van der Waals surface area contributed by atoms with Crippen molar-refractivity contribution in [2.24, 2.45) is 16.7 Å². The number of nitrogens with zero attached hydrogens (tertiary/aromatic N) is 1. The van der Waals surface area contributed by atoms with E-state index in [1.807, 2.05) is 6.92 Å². The molecular weight excluding hydrogens is 530 g/mol. The van der Waals surface area contributed by atoms with Gasteiger partial charge in [0, 0.05) is 25.2 Å². The monoisotopic (exact) mass is 583 g/mol. The molecule has 1 saturated heterocycles. The SMILES string of the molecule is CCCOc1cc(CN2CC3(CCC(C)=C(C4CCCC(C)(C(=O)O)CC4)C3)C2)cc(C2CC2)c1C1=C(C)CC=CC=C1. The van der Waals surface area contributed by atoms with Crippen molar-refractivity contribution in [3.63, 3.8) is 0 Å². The van der Waals surface area contributed by atoms with Gasteiger partial charge in [0.2, 0.25) is 0 Å². The Kier molecular flexibility index (Phi) is 8.79. The standard InChI is InChI=1S/C39H53NO3/c1-5-20-43-35-22-29(21-33(31-13-14-31)36(35)32-12-8-6-7-10-27(32)2)24-40-25-39(26-40)19-15-28(3)34(23-39)30-11-9-17-38(4,18-16-30)37(41)42/h6-8,12,21-22,30-31H,5,9-11,13-20,23-26H2,1-4H3,(H,41,42). The molecule has 1 spiro atoms. The van der Waals surface area contributed by atoms with Crippen molar-refractivity contribution >= 4 is 11.5 Å². The van der Waals surface area contributed by atoms with Gasteiger partial charge >= 0.3 is 5.97 Å². The summed E-state index contributed by atoms with van der Waals surface area (Å²) in [6.45, 7) is 12.9. The molecule has 1 aromatic carbocycles. The number of allylic oxidation sites excluding steroid dienone is 8. The molecule has 1 aliphatic heterocycles. The predicted molar refractivity (Wildman–Crippen MR) is 176 cm³/mol. The Hall–Kier alpha value is -2.59. The second-order valence-electron chi connectivity index (χ2n) is 15.0. The summed E-state index contributed by atoms with van der Waals surface area (Å²) < 4.78 is 6.51. The van der Waals surface area contributed by atoms with Gasteiger partial charge in [-0.1, -0.05) is 60.4 Å². The van der Waals surface area contributed by atoms with Crippen molar-refractivity contribution in [2.45, 2.75) is 117 Å². The van der Waals surface area contributed by atoms with Crippen molar-refractivity contribution in [1.82, 2.24) is 4.90 Å². The first-order valence-corrected chi connectivity index (χ1v) is 17.2. The lowest BCUT2D eigenvalue weighted by atomic mass is 9.64. The highest BCUT2D eigenvalue weighted by Crippen LogP contribution is 2.52. The Morgan fingerprint density at radius 2 is 1.84 bits per heavy atom. The van der Waals surface area contributed by atoms with E-state index in [1.165, 1.54) is 73.0 Å². The number of aliphatic carboxylic acids is 1. The molecule has 1 heterocycles. The molecule has 0 aromatic heterocycles. The largest absolute Gasteiger partial charge is 0.493 e. The van der Waals surface area contributed by atoms with Crippen LogP contribution in [0.5, 0.6) is 5.75 Å². The zero-order valence-corrected chi connectivity index (χ0v) is 27.1. The van der Waals surface area contributed by atoms with E-state index in [0.717, 1.165) is 63.8 Å². The molecule has 1 aromatic rings. The maximum atomic E-state index is 11.9. The first kappa shape index (κ1) is 30.4. The van der Waals surface area contributed by atoms with Crippen molar-refractivity contribution in [2.75, 3.05) is 19.7 Å². The molecule has 3 fully saturated rings. The number of rotatable bonds is 9. The molecule has 5 aliphatic rings. The van der Waals surface area contributed by atoms with Gasteiger partial charge in [-0.05, 0) is 131 Å². The van der Waals surface area contributed by atoms with Crippen LogP contribution in [-0.2, 0) is 11.3 Å². The summed E-state index contributed by atoms with van der Waals surface area (Å²) in [6, 6.07) is 4.88. The van der Waals surface area contributed by atoms with Crippen LogP contribution in [0.2, 0.25) is 0 Å². The maximum absolute atomic E-state index is 11.9. The summed E-state index contributed by atoms with van der Waals surface area (Å²) in [5, 5.41) is 9.83. The Morgan fingerprint density at radius 3 is 2.58 bits per heavy atom. The Labute approximate surface area is 260 Å². The number of ether oxygens (including phenoxy) is 1. The number of carboxylic acids is 1. The highest BCUT2D eigenvalue weighted by molar-refractivity contribution is 5.83. The zero-order valence-electron chi connectivity index (χ0n) is 27.1. The highest BCUT2D eigenvalue weighted by atomic mass is 16.5. The predicted octanol–water partition coefficient (Wildman–Crippen LogP) is 9.62. The van der Waals surface area contributed by atoms with Crippen LogP contribution >= 0.6 is 0 Å². The fourth-order valence-electron chi connectivity index (χ4n) is 8.50. The van der Waals surface area contributed by atoms with Gasteiger partial charge in [0.05, 0.1) is 12.0 Å². The van der Waals surface area contributed by atoms with Gasteiger partial charge in [0.15, 0.2) is 0 Å². The topological polar surface area (TPSA) is 49.8 Å². The lowest BCUT2D eigenvalue weighted by Gasteiger charge is -2.54. The van der Waals surface area contributed by atoms with Gasteiger partial charge in [-0.2, -0.15) is 0 Å². The molecule has 0 amide bonds. The normalized spacial score (nSPS) is 27.7. The van der Waals surface area contributed by atoms with E-state index in [2.05, 4.69) is 62.1 Å². The van der Waals surface area contributed by atoms with Gasteiger partial charge < -0.3 is 9.84 Å². The molecule has 4 nitrogen and oxygen atoms in total. The Balaban J connectivity index is 1.18. The van der Waals surface area contributed by atoms with Gasteiger partial charge in [-0.3, -0.25) is 9.69 Å². The molecule has 2 saturated carbocycles. The maximum Gasteiger partial charge on any atom is 0.309 e. The van der Waals surface area contributed by atoms with Gasteiger partial charge in [0.1, 0.15) is 5.75 Å². The minimum Gasteiger partial charge on any atom is -0.493 e. The summed E-state index contributed by atoms with van der Waals surface area (Å²) in [6.07, 6.45) is 22.1. The molecular formula is C39H53NO3. The van der Waals surface area contributed by atoms with Gasteiger partial charge in [0.25, 0.3) is 0 Å². The van der Waals surface area contributed by atoms with Crippen LogP contribution in [0.3, 0.4) is 0 Å². The van der Waals surface area contributed by atoms with Crippen LogP contribution in [-0.4, -0.2) is 35.7 Å². The lowest BCUT2D eigenvalue weighted by Crippen LogP contribution is -2.56. The number of hydrogen-bond donors (Lipinski definition) is 1. The van der Waals surface area contributed by atoms with Gasteiger partial charge in [-0.15, -0.1) is 0 Å². The van der Waals surface area contributed by atoms with E-state index in [4.69, 9.17) is 4.74 Å². The molecule has 1 N–H and O–H groups in total. The van der Waals surface area contributed by atoms with Crippen molar-refractivity contribution in [1.29, 1.82) is 0 Å². The minimum atomic E-state index is -0.607. The summed E-state index contributed by atoms with van der Waals surface area (Å²) >= 11 is 0. The van der Waals surface area contributed by atoms with Crippen LogP contribution in [0.1, 0.15) is 127 Å². The van der Waals surface area contributed by atoms with Crippen molar-refractivity contribution in [3.05, 3.63) is 69.8 Å². The molecule has 4 heteroatoms. The summed E-state index contributed by atoms with van der Waals surface area (Å²) in [4.78, 5) is 14.6. The third-order valence-corrected chi connectivity index (χ3v) is 11.3. The van der Waals surface area contributed by atoms with Crippen LogP contribution in [0.25, 0.3) is 5.57 Å². The van der Waals surface area contributed by atoms with E-state index >= 15 is 0 Å². The molecule has 2 unspecified atom stereocenters. The number of carboxylic acid groups (broad SMARTS) is 1. The molecule has 2 atom stereocenters. The molecule has 232 valence electrons. The smallest absolute Gasteiger partial charge is 0.309 e. The second-order valence-corrected chi connectivity index (χ2v) is 15.0. The van der Waals surface area contributed by atoms with E-state index < -0.39 is 11.4 Å². The number of carbonyl (C=O) groups is 1. The van der Waals surface area contributed by atoms with E-state index in [1.54, 1.807) is 11.1 Å². The fraction of sp³-hybridized carbons (Fsp3) is 0.615. The molecule has 0 bridgehead atoms. The third kappa shape index (κ3) is 6.46. The average Bonchev–Trinajstić information content (AvgIpc) is 3.83. The van der Waals surface area contributed by atoms with Crippen LogP contribution in [0.4, 0.5) is 0 Å². The fourth-order valence-corrected chi connectivity index (χ4v) is 8.50. The first-order chi connectivity index (χ1) is 20.7. The van der Waals surface area contributed by atoms with E-state index in [-0.39, 0.29) is 0 Å². The second kappa shape index (κ2) is 12.4. The third-order valence-electron chi connectivity index (χ3n) is 11.3. The Morgan fingerprint density at radius 1 is 1.02 bits per heavy atom. The van der Waals surface area contributed by atoms with Crippen LogP contribution < -0.4 is 4.74 Å². The van der Waals surface area contributed by atoms with Crippen LogP contribution in [0, 0.1) is 16.7 Å². The minimum absolute atomic E-state index is 0.401. The Bertz CT molecular complexity index is 1350. The first-order valence-electron chi connectivity index (χ1n) is 17.2. The lowest BCUT2D eigenvalue weighted by molar-refractivity contribution is -0.148. The zero-order chi connectivity index (χ0) is 30.2. The number of hydrogen-bond acceptors (Lipinski definition) is 3. The molecule has 6 rings (SSSR count). The molecule has 0 radical (unpaired) electrons. The highest BCUT2D eigenvalue weighted by Gasteiger charge is 2.46. The van der Waals surface area contributed by atoms with Crippen LogP contribution in [0.15, 0.2) is 53.2 Å². The number of likely N-dealkylation sites (tertiary alicyclic amines) is 1. The molecule has 4 aliphatic carbocycles.